The first-order chi connectivity index (χ1) is 15.6. The molecule has 2 aromatic carbocycles. The van der Waals surface area contributed by atoms with Gasteiger partial charge in [-0.05, 0) is 54.7 Å². The van der Waals surface area contributed by atoms with Crippen LogP contribution in [0.15, 0.2) is 54.9 Å². The van der Waals surface area contributed by atoms with Crippen LogP contribution in [0.3, 0.4) is 0 Å². The third kappa shape index (κ3) is 6.24. The molecular formula is C27H29N3O2. The molecule has 0 N–H and O–H groups in total. The number of aryl methyl sites for hydroxylation is 2. The molecule has 0 spiro atoms. The van der Waals surface area contributed by atoms with Crippen LogP contribution in [0.5, 0.6) is 5.75 Å². The van der Waals surface area contributed by atoms with Crippen molar-refractivity contribution >= 4 is 5.97 Å². The van der Waals surface area contributed by atoms with Gasteiger partial charge in [0.15, 0.2) is 5.82 Å². The van der Waals surface area contributed by atoms with Crippen LogP contribution < -0.4 is 4.74 Å². The van der Waals surface area contributed by atoms with Crippen LogP contribution in [0.25, 0.3) is 11.4 Å². The quantitative estimate of drug-likeness (QED) is 0.215. The highest BCUT2D eigenvalue weighted by atomic mass is 16.5. The molecule has 0 saturated heterocycles. The maximum atomic E-state index is 12.6. The van der Waals surface area contributed by atoms with Gasteiger partial charge >= 0.3 is 5.97 Å². The Morgan fingerprint density at radius 3 is 2.31 bits per heavy atom. The minimum Gasteiger partial charge on any atom is -0.422 e. The number of hydrogen-bond donors (Lipinski definition) is 0. The molecule has 0 unspecified atom stereocenters. The van der Waals surface area contributed by atoms with Crippen molar-refractivity contribution in [3.8, 4) is 23.2 Å². The van der Waals surface area contributed by atoms with Gasteiger partial charge in [-0.3, -0.25) is 0 Å². The third-order valence-electron chi connectivity index (χ3n) is 5.31. The fourth-order valence-electron chi connectivity index (χ4n) is 3.50. The zero-order valence-corrected chi connectivity index (χ0v) is 18.8. The van der Waals surface area contributed by atoms with Crippen molar-refractivity contribution in [1.82, 2.24) is 9.97 Å². The molecule has 0 bridgehead atoms. The number of benzene rings is 2. The summed E-state index contributed by atoms with van der Waals surface area (Å²) in [7, 11) is 0. The minimum absolute atomic E-state index is 0.286. The molecule has 0 fully saturated rings. The van der Waals surface area contributed by atoms with Gasteiger partial charge in [0.1, 0.15) is 11.8 Å². The molecule has 0 amide bonds. The van der Waals surface area contributed by atoms with E-state index in [0.717, 1.165) is 42.4 Å². The molecular weight excluding hydrogens is 398 g/mol. The van der Waals surface area contributed by atoms with Gasteiger partial charge in [-0.2, -0.15) is 5.26 Å². The predicted octanol–water partition coefficient (Wildman–Crippen LogP) is 6.31. The zero-order chi connectivity index (χ0) is 22.8. The van der Waals surface area contributed by atoms with E-state index in [9.17, 15) is 10.1 Å². The lowest BCUT2D eigenvalue weighted by molar-refractivity contribution is 0.0734. The standard InChI is InChI=1S/C27H29N3O2/c1-3-5-6-7-9-20-10-15-25(24(16-20)17-28)32-27(31)23-13-11-22(12-14-23)26-29-18-21(8-4-2)19-30-26/h10-16,18-19H,3-9H2,1-2H3. The average molecular weight is 428 g/mol. The van der Waals surface area contributed by atoms with Crippen molar-refractivity contribution in [3.05, 3.63) is 77.1 Å². The molecule has 5 nitrogen and oxygen atoms in total. The number of carbonyl (C=O) groups is 1. The van der Waals surface area contributed by atoms with Crippen LogP contribution in [-0.2, 0) is 12.8 Å². The van der Waals surface area contributed by atoms with E-state index in [1.165, 1.54) is 19.3 Å². The fraction of sp³-hybridized carbons (Fsp3) is 0.333. The number of hydrogen-bond acceptors (Lipinski definition) is 5. The third-order valence-corrected chi connectivity index (χ3v) is 5.31. The van der Waals surface area contributed by atoms with Crippen LogP contribution in [0.4, 0.5) is 0 Å². The molecule has 0 aliphatic carbocycles. The first-order valence-electron chi connectivity index (χ1n) is 11.3. The first-order valence-corrected chi connectivity index (χ1v) is 11.3. The van der Waals surface area contributed by atoms with E-state index in [-0.39, 0.29) is 5.75 Å². The Morgan fingerprint density at radius 1 is 0.906 bits per heavy atom. The van der Waals surface area contributed by atoms with E-state index in [2.05, 4.69) is 29.9 Å². The topological polar surface area (TPSA) is 75.9 Å². The minimum atomic E-state index is -0.497. The van der Waals surface area contributed by atoms with E-state index >= 15 is 0 Å². The summed E-state index contributed by atoms with van der Waals surface area (Å²) in [6.45, 7) is 4.30. The van der Waals surface area contributed by atoms with Crippen molar-refractivity contribution in [2.45, 2.75) is 58.8 Å². The molecule has 0 aliphatic heterocycles. The van der Waals surface area contributed by atoms with Crippen LogP contribution in [0.1, 0.15) is 73.0 Å². The second kappa shape index (κ2) is 11.8. The largest absolute Gasteiger partial charge is 0.422 e. The summed E-state index contributed by atoms with van der Waals surface area (Å²) in [6, 6.07) is 14.6. The van der Waals surface area contributed by atoms with Crippen molar-refractivity contribution in [3.63, 3.8) is 0 Å². The summed E-state index contributed by atoms with van der Waals surface area (Å²) >= 11 is 0. The number of carbonyl (C=O) groups excluding carboxylic acids is 1. The number of aromatic nitrogens is 2. The Hall–Kier alpha value is -3.52. The van der Waals surface area contributed by atoms with Gasteiger partial charge in [0, 0.05) is 18.0 Å². The molecule has 0 saturated carbocycles. The Bertz CT molecular complexity index is 1070. The Labute approximate surface area is 190 Å². The molecule has 1 heterocycles. The average Bonchev–Trinajstić information content (AvgIpc) is 2.83. The number of esters is 1. The normalized spacial score (nSPS) is 10.5. The second-order valence-electron chi connectivity index (χ2n) is 7.88. The summed E-state index contributed by atoms with van der Waals surface area (Å²) < 4.78 is 5.52. The van der Waals surface area contributed by atoms with Gasteiger partial charge in [0.05, 0.1) is 11.1 Å². The van der Waals surface area contributed by atoms with Gasteiger partial charge in [0.2, 0.25) is 0 Å². The lowest BCUT2D eigenvalue weighted by Gasteiger charge is -2.09. The summed E-state index contributed by atoms with van der Waals surface area (Å²) in [5, 5.41) is 9.50. The van der Waals surface area contributed by atoms with Crippen LogP contribution >= 0.6 is 0 Å². The highest BCUT2D eigenvalue weighted by molar-refractivity contribution is 5.91. The molecule has 0 atom stereocenters. The Balaban J connectivity index is 1.65. The maximum Gasteiger partial charge on any atom is 0.343 e. The van der Waals surface area contributed by atoms with E-state index in [1.807, 2.05) is 24.5 Å². The number of unbranched alkanes of at least 4 members (excludes halogenated alkanes) is 3. The van der Waals surface area contributed by atoms with Crippen molar-refractivity contribution in [1.29, 1.82) is 5.26 Å². The predicted molar refractivity (Wildman–Crippen MR) is 125 cm³/mol. The van der Waals surface area contributed by atoms with Crippen LogP contribution in [0.2, 0.25) is 0 Å². The molecule has 164 valence electrons. The fourth-order valence-corrected chi connectivity index (χ4v) is 3.50. The Morgan fingerprint density at radius 2 is 1.66 bits per heavy atom. The Kier molecular flexibility index (Phi) is 8.51. The van der Waals surface area contributed by atoms with Crippen molar-refractivity contribution in [2.24, 2.45) is 0 Å². The van der Waals surface area contributed by atoms with Gasteiger partial charge in [-0.25, -0.2) is 14.8 Å². The lowest BCUT2D eigenvalue weighted by Crippen LogP contribution is -2.09. The molecule has 5 heteroatoms. The number of nitrogens with zero attached hydrogens (tertiary/aromatic N) is 3. The highest BCUT2D eigenvalue weighted by Gasteiger charge is 2.13. The molecule has 32 heavy (non-hydrogen) atoms. The van der Waals surface area contributed by atoms with Crippen LogP contribution in [0, 0.1) is 11.3 Å². The van der Waals surface area contributed by atoms with E-state index in [4.69, 9.17) is 4.74 Å². The van der Waals surface area contributed by atoms with Gasteiger partial charge in [0.25, 0.3) is 0 Å². The zero-order valence-electron chi connectivity index (χ0n) is 18.8. The monoisotopic (exact) mass is 427 g/mol. The van der Waals surface area contributed by atoms with Crippen molar-refractivity contribution < 1.29 is 9.53 Å². The van der Waals surface area contributed by atoms with Gasteiger partial charge in [-0.15, -0.1) is 0 Å². The van der Waals surface area contributed by atoms with E-state index < -0.39 is 5.97 Å². The summed E-state index contributed by atoms with van der Waals surface area (Å²) in [6.07, 6.45) is 11.3. The summed E-state index contributed by atoms with van der Waals surface area (Å²) in [5.74, 6) is 0.405. The van der Waals surface area contributed by atoms with E-state index in [1.54, 1.807) is 30.3 Å². The first kappa shape index (κ1) is 23.1. The smallest absolute Gasteiger partial charge is 0.343 e. The number of nitriles is 1. The number of rotatable bonds is 10. The molecule has 3 rings (SSSR count). The molecule has 1 aromatic heterocycles. The van der Waals surface area contributed by atoms with Crippen molar-refractivity contribution in [2.75, 3.05) is 0 Å². The highest BCUT2D eigenvalue weighted by Crippen LogP contribution is 2.23. The van der Waals surface area contributed by atoms with Gasteiger partial charge in [-0.1, -0.05) is 57.7 Å². The lowest BCUT2D eigenvalue weighted by atomic mass is 10.0. The molecule has 0 radical (unpaired) electrons. The second-order valence-corrected chi connectivity index (χ2v) is 7.88. The SMILES string of the molecule is CCCCCCc1ccc(OC(=O)c2ccc(-c3ncc(CCC)cn3)cc2)c(C#N)c1. The van der Waals surface area contributed by atoms with E-state index in [0.29, 0.717) is 17.0 Å². The van der Waals surface area contributed by atoms with Gasteiger partial charge < -0.3 is 4.74 Å². The molecule has 3 aromatic rings. The number of ether oxygens (including phenoxy) is 1. The maximum absolute atomic E-state index is 12.6. The van der Waals surface area contributed by atoms with Crippen LogP contribution in [-0.4, -0.2) is 15.9 Å². The summed E-state index contributed by atoms with van der Waals surface area (Å²) in [5.41, 5.74) is 3.81. The summed E-state index contributed by atoms with van der Waals surface area (Å²) in [4.78, 5) is 21.4. The molecule has 0 aliphatic rings.